The van der Waals surface area contributed by atoms with Crippen molar-refractivity contribution in [3.8, 4) is 0 Å². The van der Waals surface area contributed by atoms with Crippen LogP contribution in [0.25, 0.3) is 11.2 Å². The first-order chi connectivity index (χ1) is 33.2. The van der Waals surface area contributed by atoms with Crippen molar-refractivity contribution in [3.63, 3.8) is 0 Å². The number of nitrogens with one attached hydrogen (secondary N) is 6. The van der Waals surface area contributed by atoms with Gasteiger partial charge in [-0.3, -0.25) is 38.3 Å². The van der Waals surface area contributed by atoms with Crippen LogP contribution in [0.3, 0.4) is 0 Å². The lowest BCUT2D eigenvalue weighted by Crippen LogP contribution is -2.65. The van der Waals surface area contributed by atoms with Crippen LogP contribution in [0.2, 0.25) is 0 Å². The van der Waals surface area contributed by atoms with E-state index in [9.17, 15) is 69.6 Å². The number of hydrogen-bond donors (Lipinski definition) is 15. The van der Waals surface area contributed by atoms with Gasteiger partial charge in [-0.25, -0.2) is 4.98 Å². The lowest BCUT2D eigenvalue weighted by Gasteiger charge is -2.43. The summed E-state index contributed by atoms with van der Waals surface area (Å²) in [5, 5.41) is 95.4. The molecule has 1 unspecified atom stereocenters. The first-order valence-electron chi connectivity index (χ1n) is 23.0. The highest BCUT2D eigenvalue weighted by Crippen LogP contribution is 2.31. The minimum absolute atomic E-state index is 0.0307. The summed E-state index contributed by atoms with van der Waals surface area (Å²) in [4.78, 5) is 88.1. The molecule has 16 N–H and O–H groups in total. The van der Waals surface area contributed by atoms with E-state index in [0.717, 1.165) is 13.3 Å². The van der Waals surface area contributed by atoms with Gasteiger partial charge >= 0.3 is 0 Å². The summed E-state index contributed by atoms with van der Waals surface area (Å²) in [5.74, 6) is -3.90. The molecule has 5 amide bonds. The predicted molar refractivity (Wildman–Crippen MR) is 236 cm³/mol. The average Bonchev–Trinajstić information content (AvgIpc) is 3.87. The Bertz CT molecular complexity index is 2130. The molecule has 0 spiro atoms. The van der Waals surface area contributed by atoms with Gasteiger partial charge in [0.05, 0.1) is 25.6 Å². The number of aliphatic hydroxyl groups is 8. The Hall–Kier alpha value is -5.02. The highest BCUT2D eigenvalue weighted by molar-refractivity contribution is 5.91. The van der Waals surface area contributed by atoms with Gasteiger partial charge in [0.25, 0.3) is 5.56 Å². The van der Waals surface area contributed by atoms with E-state index in [4.69, 9.17) is 29.4 Å². The van der Waals surface area contributed by atoms with Crippen LogP contribution in [0.15, 0.2) is 11.1 Å². The minimum Gasteiger partial charge on any atom is -0.394 e. The molecule has 70 heavy (non-hydrogen) atoms. The van der Waals surface area contributed by atoms with Crippen LogP contribution in [-0.4, -0.2) is 215 Å². The van der Waals surface area contributed by atoms with Gasteiger partial charge in [-0.1, -0.05) is 26.2 Å². The number of carbonyl (C=O) groups is 5. The van der Waals surface area contributed by atoms with Gasteiger partial charge in [0.15, 0.2) is 30.0 Å². The van der Waals surface area contributed by atoms with E-state index in [2.05, 4.69) is 41.5 Å². The molecule has 5 rings (SSSR count). The number of hydrogen-bond acceptors (Lipinski definition) is 22. The number of nitrogen functional groups attached to an aromatic ring is 1. The predicted octanol–water partition coefficient (Wildman–Crippen LogP) is -6.92. The number of fused-ring (bicyclic) bond motifs is 1. The molecule has 3 aliphatic rings. The molecule has 16 atom stereocenters. The highest BCUT2D eigenvalue weighted by atomic mass is 16.7. The lowest BCUT2D eigenvalue weighted by atomic mass is 9.96. The molecule has 0 radical (unpaired) electrons. The average molecular weight is 1000 g/mol. The zero-order valence-electron chi connectivity index (χ0n) is 38.8. The van der Waals surface area contributed by atoms with Crippen molar-refractivity contribution in [1.82, 2.24) is 46.1 Å². The van der Waals surface area contributed by atoms with Crippen LogP contribution < -0.4 is 37.9 Å². The van der Waals surface area contributed by atoms with Crippen LogP contribution in [0.1, 0.15) is 71.9 Å². The summed E-state index contributed by atoms with van der Waals surface area (Å²) in [5.41, 5.74) is 4.89. The minimum atomic E-state index is -1.68. The Balaban J connectivity index is 1.21. The summed E-state index contributed by atoms with van der Waals surface area (Å²) in [6.07, 6.45) is -16.5. The number of ether oxygens (including phenoxy) is 5. The van der Waals surface area contributed by atoms with E-state index < -0.39 is 153 Å². The van der Waals surface area contributed by atoms with Crippen molar-refractivity contribution < 1.29 is 88.5 Å². The van der Waals surface area contributed by atoms with E-state index in [1.807, 2.05) is 6.92 Å². The first kappa shape index (κ1) is 55.9. The standard InChI is InChI=1S/C41H66N10O19/c1-4-5-6-10-20(69-39-25(47-18(3)53)30(59)29(58)22(14-52)70-39)36(64)48-19(9-7-8-11-43-24(55)15-66-40-33(62)31(60)27(56)17(2)67-40)35(63)45-13-23(54)44-12-21-28(57)32(61)38(68-21)51-16-46-26-34(51)49-41(42)50-37(26)65/h16-17,19-22,25,27-33,38-40,52,56-62H,4-15H2,1-3H3,(H,43,55)(H,44,54)(H,45,63)(H,47,53)(H,48,64)(H3,42,49,50,65)/t17-,19-,20?,21+,22+,25+,27+,28+,29+,30+,31+,32+,33-,38+,39+,40-/m0/s1. The van der Waals surface area contributed by atoms with Gasteiger partial charge in [-0.05, 0) is 32.6 Å². The third-order valence-electron chi connectivity index (χ3n) is 12.0. The smallest absolute Gasteiger partial charge is 0.280 e. The Labute approximate surface area is 399 Å². The number of aliphatic hydroxyl groups excluding tert-OH is 8. The lowest BCUT2D eigenvalue weighted by molar-refractivity contribution is -0.291. The van der Waals surface area contributed by atoms with E-state index in [1.165, 1.54) is 17.8 Å². The molecule has 0 aromatic carbocycles. The largest absolute Gasteiger partial charge is 0.394 e. The molecule has 5 heterocycles. The number of H-pyrrole nitrogens is 1. The van der Waals surface area contributed by atoms with Crippen molar-refractivity contribution in [1.29, 1.82) is 0 Å². The monoisotopic (exact) mass is 1000 g/mol. The number of amides is 5. The molecule has 0 aliphatic carbocycles. The number of aromatic amines is 1. The molecular formula is C41H66N10O19. The fourth-order valence-corrected chi connectivity index (χ4v) is 8.01. The summed E-state index contributed by atoms with van der Waals surface area (Å²) < 4.78 is 29.4. The van der Waals surface area contributed by atoms with Crippen LogP contribution >= 0.6 is 0 Å². The van der Waals surface area contributed by atoms with Crippen LogP contribution in [0, 0.1) is 0 Å². The number of imidazole rings is 1. The Morgan fingerprint density at radius 2 is 1.54 bits per heavy atom. The fourth-order valence-electron chi connectivity index (χ4n) is 8.01. The zero-order chi connectivity index (χ0) is 51.4. The zero-order valence-corrected chi connectivity index (χ0v) is 38.8. The second-order valence-electron chi connectivity index (χ2n) is 17.3. The van der Waals surface area contributed by atoms with Crippen LogP contribution in [-0.2, 0) is 47.7 Å². The quantitative estimate of drug-likeness (QED) is 0.0435. The Morgan fingerprint density at radius 1 is 0.829 bits per heavy atom. The maximum atomic E-state index is 14.1. The maximum Gasteiger partial charge on any atom is 0.280 e. The number of nitrogens with zero attached hydrogens (tertiary/aromatic N) is 3. The van der Waals surface area contributed by atoms with E-state index in [1.54, 1.807) is 0 Å². The number of unbranched alkanes of at least 4 members (excludes halogenated alkanes) is 3. The van der Waals surface area contributed by atoms with Gasteiger partial charge < -0.3 is 96.9 Å². The summed E-state index contributed by atoms with van der Waals surface area (Å²) in [6.45, 7) is 2.25. The number of carbonyl (C=O) groups excluding carboxylic acids is 5. The van der Waals surface area contributed by atoms with Crippen molar-refractivity contribution >= 4 is 46.6 Å². The van der Waals surface area contributed by atoms with Gasteiger partial charge in [0.2, 0.25) is 35.5 Å². The molecule has 3 saturated heterocycles. The Kier molecular flexibility index (Phi) is 20.7. The van der Waals surface area contributed by atoms with Gasteiger partial charge in [0, 0.05) is 20.0 Å². The molecule has 394 valence electrons. The molecule has 29 heteroatoms. The van der Waals surface area contributed by atoms with Crippen molar-refractivity contribution in [2.75, 3.05) is 38.6 Å². The molecule has 2 aromatic heterocycles. The SMILES string of the molecule is CCCCCC(O[C@@H]1O[C@H](CO)[C@@H](O)[C@H](O)[C@H]1NC(C)=O)C(=O)N[C@@H](CCCCNC(=O)CO[C@H]1O[C@@H](C)[C@@H](O)[C@@H](O)[C@@H]1O)C(=O)NCC(=O)NC[C@H]1O[C@@H](n2cnc3c(=O)[nH]c(N)nc32)[C@H](O)[C@@H]1O. The van der Waals surface area contributed by atoms with Gasteiger partial charge in [-0.15, -0.1) is 0 Å². The molecular weight excluding hydrogens is 937 g/mol. The second-order valence-corrected chi connectivity index (χ2v) is 17.3. The van der Waals surface area contributed by atoms with E-state index in [0.29, 0.717) is 12.8 Å². The maximum absolute atomic E-state index is 14.1. The van der Waals surface area contributed by atoms with Gasteiger partial charge in [0.1, 0.15) is 79.7 Å². The Morgan fingerprint density at radius 3 is 2.24 bits per heavy atom. The number of aromatic nitrogens is 4. The van der Waals surface area contributed by atoms with E-state index >= 15 is 0 Å². The second kappa shape index (κ2) is 25.9. The molecule has 0 saturated carbocycles. The van der Waals surface area contributed by atoms with E-state index in [-0.39, 0.29) is 55.9 Å². The highest BCUT2D eigenvalue weighted by Gasteiger charge is 2.48. The van der Waals surface area contributed by atoms with Crippen molar-refractivity contribution in [2.24, 2.45) is 0 Å². The topological polar surface area (TPSA) is 443 Å². The van der Waals surface area contributed by atoms with Gasteiger partial charge in [-0.2, -0.15) is 4.98 Å². The van der Waals surface area contributed by atoms with Crippen molar-refractivity contribution in [2.45, 2.75) is 164 Å². The summed E-state index contributed by atoms with van der Waals surface area (Å²) in [7, 11) is 0. The molecule has 0 bridgehead atoms. The molecule has 3 aliphatic heterocycles. The number of anilines is 1. The number of nitrogens with two attached hydrogens (primary N) is 1. The molecule has 2 aromatic rings. The third-order valence-corrected chi connectivity index (χ3v) is 12.0. The summed E-state index contributed by atoms with van der Waals surface area (Å²) in [6, 6.07) is -2.71. The van der Waals surface area contributed by atoms with Crippen molar-refractivity contribution in [3.05, 3.63) is 16.7 Å². The first-order valence-corrected chi connectivity index (χ1v) is 23.0. The third kappa shape index (κ3) is 14.3. The van der Waals surface area contributed by atoms with Crippen LogP contribution in [0.5, 0.6) is 0 Å². The number of rotatable bonds is 24. The molecule has 3 fully saturated rings. The molecule has 29 nitrogen and oxygen atoms in total. The summed E-state index contributed by atoms with van der Waals surface area (Å²) >= 11 is 0. The normalized spacial score (nSPS) is 30.8. The van der Waals surface area contributed by atoms with Crippen LogP contribution in [0.4, 0.5) is 5.95 Å². The fraction of sp³-hybridized carbons (Fsp3) is 0.756.